The third kappa shape index (κ3) is 5.42. The van der Waals surface area contributed by atoms with E-state index in [2.05, 4.69) is 37.1 Å². The maximum Gasteiger partial charge on any atom is 0.259 e. The van der Waals surface area contributed by atoms with Gasteiger partial charge in [0, 0.05) is 25.3 Å². The van der Waals surface area contributed by atoms with Gasteiger partial charge in [-0.15, -0.1) is 10.2 Å². The highest BCUT2D eigenvalue weighted by molar-refractivity contribution is 7.19. The lowest BCUT2D eigenvalue weighted by molar-refractivity contribution is -0.126. The average Bonchev–Trinajstić information content (AvgIpc) is 3.22. The molecule has 1 amide bonds. The molecule has 8 nitrogen and oxygen atoms in total. The predicted molar refractivity (Wildman–Crippen MR) is 120 cm³/mol. The number of aromatic nitrogens is 4. The molecule has 1 fully saturated rings. The van der Waals surface area contributed by atoms with E-state index >= 15 is 0 Å². The molecule has 4 rings (SSSR count). The van der Waals surface area contributed by atoms with Gasteiger partial charge in [0.1, 0.15) is 0 Å². The zero-order chi connectivity index (χ0) is 21.6. The molecule has 0 unspecified atom stereocenters. The summed E-state index contributed by atoms with van der Waals surface area (Å²) in [5, 5.41) is 24.0. The van der Waals surface area contributed by atoms with E-state index in [9.17, 15) is 4.79 Å². The Labute approximate surface area is 185 Å². The minimum atomic E-state index is -0.698. The summed E-state index contributed by atoms with van der Waals surface area (Å²) in [7, 11) is 1.52. The fraction of sp³-hybridized carbons (Fsp3) is 0.409. The Morgan fingerprint density at radius 2 is 1.90 bits per heavy atom. The largest absolute Gasteiger partial charge is 0.367 e. The number of aryl methyl sites for hydroxylation is 1. The third-order valence-electron chi connectivity index (χ3n) is 5.54. The standard InChI is InChI=1S/C22H26N6O2S/c1-14-5-3-6-16(13-14)19(30-2)20(29)25-22-28-27-21(31-22)24-17-10-8-15(9-11-17)18-7-4-12-23-26-18/h3-7,12-13,15,17,19H,8-11H2,1-2H3,(H,24,27)(H,25,28,29)/t15?,17?,19-/m1/s1. The summed E-state index contributed by atoms with van der Waals surface area (Å²) >= 11 is 1.34. The Morgan fingerprint density at radius 3 is 2.61 bits per heavy atom. The molecule has 1 aliphatic carbocycles. The lowest BCUT2D eigenvalue weighted by Crippen LogP contribution is -2.25. The molecule has 1 saturated carbocycles. The number of benzene rings is 1. The molecule has 2 aromatic heterocycles. The fourth-order valence-electron chi connectivity index (χ4n) is 3.97. The number of anilines is 2. The van der Waals surface area contributed by atoms with Gasteiger partial charge in [-0.1, -0.05) is 41.2 Å². The number of amides is 1. The lowest BCUT2D eigenvalue weighted by Gasteiger charge is -2.28. The quantitative estimate of drug-likeness (QED) is 0.572. The molecule has 2 N–H and O–H groups in total. The molecule has 9 heteroatoms. The van der Waals surface area contributed by atoms with Gasteiger partial charge < -0.3 is 10.1 Å². The molecule has 1 aliphatic rings. The maximum absolute atomic E-state index is 12.7. The Kier molecular flexibility index (Phi) is 6.83. The summed E-state index contributed by atoms with van der Waals surface area (Å²) in [6.45, 7) is 1.98. The van der Waals surface area contributed by atoms with E-state index in [1.54, 1.807) is 6.20 Å². The van der Waals surface area contributed by atoms with Crippen LogP contribution in [0.15, 0.2) is 42.6 Å². The van der Waals surface area contributed by atoms with E-state index < -0.39 is 6.10 Å². The zero-order valence-corrected chi connectivity index (χ0v) is 18.4. The van der Waals surface area contributed by atoms with Gasteiger partial charge in [-0.25, -0.2) is 0 Å². The Hall–Kier alpha value is -2.91. The highest BCUT2D eigenvalue weighted by Gasteiger charge is 2.25. The molecule has 1 atom stereocenters. The van der Waals surface area contributed by atoms with Crippen molar-refractivity contribution in [1.82, 2.24) is 20.4 Å². The van der Waals surface area contributed by atoms with Crippen molar-refractivity contribution in [1.29, 1.82) is 0 Å². The Morgan fingerprint density at radius 1 is 1.10 bits per heavy atom. The SMILES string of the molecule is CO[C@@H](C(=O)Nc1nnc(NC2CCC(c3cccnn3)CC2)s1)c1cccc(C)c1. The van der Waals surface area contributed by atoms with Crippen molar-refractivity contribution >= 4 is 27.5 Å². The van der Waals surface area contributed by atoms with Crippen LogP contribution < -0.4 is 10.6 Å². The van der Waals surface area contributed by atoms with Gasteiger partial charge in [0.25, 0.3) is 5.91 Å². The first kappa shape index (κ1) is 21.3. The van der Waals surface area contributed by atoms with E-state index in [1.165, 1.54) is 18.4 Å². The number of nitrogens with zero attached hydrogens (tertiary/aromatic N) is 4. The van der Waals surface area contributed by atoms with Crippen LogP contribution >= 0.6 is 11.3 Å². The molecule has 3 aromatic rings. The molecule has 0 spiro atoms. The first-order valence-electron chi connectivity index (χ1n) is 10.4. The van der Waals surface area contributed by atoms with Gasteiger partial charge in [-0.3, -0.25) is 10.1 Å². The second-order valence-electron chi connectivity index (χ2n) is 7.77. The van der Waals surface area contributed by atoms with E-state index in [0.29, 0.717) is 22.2 Å². The lowest BCUT2D eigenvalue weighted by atomic mass is 9.84. The summed E-state index contributed by atoms with van der Waals surface area (Å²) in [6.07, 6.45) is 5.19. The maximum atomic E-state index is 12.7. The minimum absolute atomic E-state index is 0.264. The summed E-state index contributed by atoms with van der Waals surface area (Å²) < 4.78 is 5.42. The number of methoxy groups -OCH3 is 1. The van der Waals surface area contributed by atoms with Crippen molar-refractivity contribution in [2.75, 3.05) is 17.7 Å². The van der Waals surface area contributed by atoms with Crippen molar-refractivity contribution < 1.29 is 9.53 Å². The normalized spacial score (nSPS) is 19.5. The van der Waals surface area contributed by atoms with Crippen LogP contribution in [0.3, 0.4) is 0 Å². The molecule has 2 heterocycles. The van der Waals surface area contributed by atoms with Gasteiger partial charge in [-0.2, -0.15) is 10.2 Å². The fourth-order valence-corrected chi connectivity index (χ4v) is 4.69. The van der Waals surface area contributed by atoms with Gasteiger partial charge >= 0.3 is 0 Å². The number of ether oxygens (including phenoxy) is 1. The van der Waals surface area contributed by atoms with Crippen molar-refractivity contribution in [3.63, 3.8) is 0 Å². The summed E-state index contributed by atoms with van der Waals surface area (Å²) in [6, 6.07) is 12.0. The van der Waals surface area contributed by atoms with E-state index in [-0.39, 0.29) is 5.91 Å². The van der Waals surface area contributed by atoms with Gasteiger partial charge in [-0.05, 0) is 50.3 Å². The Balaban J connectivity index is 1.31. The monoisotopic (exact) mass is 438 g/mol. The number of hydrogen-bond acceptors (Lipinski definition) is 8. The highest BCUT2D eigenvalue weighted by Crippen LogP contribution is 2.33. The molecular weight excluding hydrogens is 412 g/mol. The molecule has 0 saturated heterocycles. The first-order valence-corrected chi connectivity index (χ1v) is 11.2. The van der Waals surface area contributed by atoms with Crippen LogP contribution in [0.1, 0.15) is 54.5 Å². The topological polar surface area (TPSA) is 102 Å². The van der Waals surface area contributed by atoms with Gasteiger partial charge in [0.15, 0.2) is 6.10 Å². The molecular formula is C22H26N6O2S. The zero-order valence-electron chi connectivity index (χ0n) is 17.6. The molecule has 1 aromatic carbocycles. The van der Waals surface area contributed by atoms with Gasteiger partial charge in [0.05, 0.1) is 5.69 Å². The number of carbonyl (C=O) groups excluding carboxylic acids is 1. The van der Waals surface area contributed by atoms with Crippen LogP contribution in [0.5, 0.6) is 0 Å². The second-order valence-corrected chi connectivity index (χ2v) is 8.75. The van der Waals surface area contributed by atoms with E-state index in [4.69, 9.17) is 4.74 Å². The van der Waals surface area contributed by atoms with E-state index in [1.807, 2.05) is 37.3 Å². The summed E-state index contributed by atoms with van der Waals surface area (Å²) in [5.41, 5.74) is 2.95. The van der Waals surface area contributed by atoms with Crippen LogP contribution in [0, 0.1) is 6.92 Å². The number of rotatable bonds is 7. The second kappa shape index (κ2) is 9.93. The van der Waals surface area contributed by atoms with Crippen LogP contribution in [-0.4, -0.2) is 39.5 Å². The molecule has 0 radical (unpaired) electrons. The van der Waals surface area contributed by atoms with Crippen molar-refractivity contribution in [2.45, 2.75) is 50.7 Å². The predicted octanol–water partition coefficient (Wildman–Crippen LogP) is 4.10. The number of nitrogens with one attached hydrogen (secondary N) is 2. The molecule has 31 heavy (non-hydrogen) atoms. The van der Waals surface area contributed by atoms with Crippen LogP contribution in [0.4, 0.5) is 10.3 Å². The van der Waals surface area contributed by atoms with Crippen molar-refractivity contribution in [3.05, 3.63) is 59.4 Å². The number of hydrogen-bond donors (Lipinski definition) is 2. The third-order valence-corrected chi connectivity index (χ3v) is 6.31. The number of carbonyl (C=O) groups is 1. The summed E-state index contributed by atoms with van der Waals surface area (Å²) in [5.74, 6) is 0.198. The van der Waals surface area contributed by atoms with Crippen molar-refractivity contribution in [2.24, 2.45) is 0 Å². The molecule has 0 aliphatic heterocycles. The van der Waals surface area contributed by atoms with Crippen LogP contribution in [0.2, 0.25) is 0 Å². The van der Waals surface area contributed by atoms with Crippen LogP contribution in [-0.2, 0) is 9.53 Å². The molecule has 162 valence electrons. The minimum Gasteiger partial charge on any atom is -0.367 e. The summed E-state index contributed by atoms with van der Waals surface area (Å²) in [4.78, 5) is 12.7. The molecule has 0 bridgehead atoms. The van der Waals surface area contributed by atoms with Crippen molar-refractivity contribution in [3.8, 4) is 0 Å². The smallest absolute Gasteiger partial charge is 0.259 e. The van der Waals surface area contributed by atoms with Gasteiger partial charge in [0.2, 0.25) is 10.3 Å². The van der Waals surface area contributed by atoms with E-state index in [0.717, 1.165) is 42.5 Å². The first-order chi connectivity index (χ1) is 15.1. The average molecular weight is 439 g/mol. The van der Waals surface area contributed by atoms with Crippen LogP contribution in [0.25, 0.3) is 0 Å². The Bertz CT molecular complexity index is 1000. The highest BCUT2D eigenvalue weighted by atomic mass is 32.1.